The summed E-state index contributed by atoms with van der Waals surface area (Å²) in [6, 6.07) is 1.80. The molecule has 0 bridgehead atoms. The number of nitrogens with one attached hydrogen (secondary N) is 1. The van der Waals surface area contributed by atoms with E-state index >= 15 is 0 Å². The molecular weight excluding hydrogens is 243 g/mol. The topological polar surface area (TPSA) is 29.9 Å². The van der Waals surface area contributed by atoms with E-state index in [-0.39, 0.29) is 12.5 Å². The summed E-state index contributed by atoms with van der Waals surface area (Å²) in [4.78, 5) is 0. The number of alkyl halides is 3. The van der Waals surface area contributed by atoms with Crippen LogP contribution in [0.1, 0.15) is 31.9 Å². The molecule has 0 aliphatic heterocycles. The average molecular weight is 263 g/mol. The van der Waals surface area contributed by atoms with Crippen LogP contribution in [-0.4, -0.2) is 28.5 Å². The van der Waals surface area contributed by atoms with Gasteiger partial charge in [-0.1, -0.05) is 6.92 Å². The van der Waals surface area contributed by atoms with Gasteiger partial charge in [0.05, 0.1) is 0 Å². The molecule has 1 aromatic rings. The molecule has 0 aliphatic rings. The molecule has 1 unspecified atom stereocenters. The van der Waals surface area contributed by atoms with Gasteiger partial charge < -0.3 is 5.32 Å². The van der Waals surface area contributed by atoms with Crippen molar-refractivity contribution in [3.63, 3.8) is 0 Å². The van der Waals surface area contributed by atoms with E-state index < -0.39 is 12.6 Å². The van der Waals surface area contributed by atoms with Gasteiger partial charge in [-0.05, 0) is 31.9 Å². The van der Waals surface area contributed by atoms with Crippen molar-refractivity contribution < 1.29 is 13.2 Å². The van der Waals surface area contributed by atoms with Crippen molar-refractivity contribution in [2.45, 2.75) is 44.8 Å². The van der Waals surface area contributed by atoms with Crippen LogP contribution in [0.25, 0.3) is 0 Å². The van der Waals surface area contributed by atoms with Crippen LogP contribution in [0.5, 0.6) is 0 Å². The lowest BCUT2D eigenvalue weighted by Gasteiger charge is -2.18. The molecular formula is C12H20F3N3. The highest BCUT2D eigenvalue weighted by atomic mass is 19.4. The van der Waals surface area contributed by atoms with Crippen LogP contribution in [0.4, 0.5) is 13.2 Å². The first kappa shape index (κ1) is 15.0. The minimum atomic E-state index is -4.07. The normalized spacial score (nSPS) is 13.8. The molecule has 1 heterocycles. The van der Waals surface area contributed by atoms with Crippen LogP contribution in [0, 0.1) is 0 Å². The van der Waals surface area contributed by atoms with Gasteiger partial charge in [0.2, 0.25) is 0 Å². The number of rotatable bonds is 7. The second-order valence-corrected chi connectivity index (χ2v) is 4.39. The van der Waals surface area contributed by atoms with E-state index in [2.05, 4.69) is 10.4 Å². The second kappa shape index (κ2) is 6.78. The summed E-state index contributed by atoms with van der Waals surface area (Å²) in [6.07, 6.45) is -1.52. The maximum absolute atomic E-state index is 12.2. The molecule has 0 fully saturated rings. The molecule has 1 N–H and O–H groups in total. The number of aromatic nitrogens is 2. The maximum atomic E-state index is 12.2. The lowest BCUT2D eigenvalue weighted by molar-refractivity contribution is -0.136. The van der Waals surface area contributed by atoms with E-state index in [1.54, 1.807) is 10.9 Å². The van der Waals surface area contributed by atoms with Gasteiger partial charge in [-0.3, -0.25) is 4.68 Å². The Bertz CT molecular complexity index is 347. The Hall–Kier alpha value is -1.04. The molecule has 0 saturated heterocycles. The molecule has 0 aromatic carbocycles. The van der Waals surface area contributed by atoms with Crippen molar-refractivity contribution in [1.29, 1.82) is 0 Å². The molecule has 6 heteroatoms. The van der Waals surface area contributed by atoms with Gasteiger partial charge in [-0.25, -0.2) is 0 Å². The zero-order valence-corrected chi connectivity index (χ0v) is 10.8. The third kappa shape index (κ3) is 5.53. The minimum Gasteiger partial charge on any atom is -0.314 e. The van der Waals surface area contributed by atoms with Crippen molar-refractivity contribution in [3.05, 3.63) is 18.0 Å². The van der Waals surface area contributed by atoms with E-state index in [4.69, 9.17) is 0 Å². The van der Waals surface area contributed by atoms with Gasteiger partial charge in [-0.2, -0.15) is 18.3 Å². The van der Waals surface area contributed by atoms with Crippen molar-refractivity contribution in [2.75, 3.05) is 6.54 Å². The molecule has 1 aromatic heterocycles. The molecule has 0 aliphatic carbocycles. The van der Waals surface area contributed by atoms with Gasteiger partial charge in [0, 0.05) is 31.4 Å². The fourth-order valence-corrected chi connectivity index (χ4v) is 1.94. The number of hydrogen-bond acceptors (Lipinski definition) is 2. The number of hydrogen-bond donors (Lipinski definition) is 1. The van der Waals surface area contributed by atoms with Gasteiger partial charge in [0.25, 0.3) is 0 Å². The molecule has 104 valence electrons. The summed E-state index contributed by atoms with van der Waals surface area (Å²) in [5.41, 5.74) is 1.05. The Morgan fingerprint density at radius 2 is 2.11 bits per heavy atom. The van der Waals surface area contributed by atoms with Crippen molar-refractivity contribution >= 4 is 0 Å². The Balaban J connectivity index is 2.40. The first-order valence-corrected chi connectivity index (χ1v) is 6.19. The van der Waals surface area contributed by atoms with Crippen molar-refractivity contribution in [2.24, 2.45) is 7.05 Å². The van der Waals surface area contributed by atoms with E-state index in [0.717, 1.165) is 12.1 Å². The predicted molar refractivity (Wildman–Crippen MR) is 64.3 cm³/mol. The largest absolute Gasteiger partial charge is 0.389 e. The van der Waals surface area contributed by atoms with E-state index in [1.807, 2.05) is 20.0 Å². The molecule has 0 radical (unpaired) electrons. The van der Waals surface area contributed by atoms with Crippen LogP contribution in [-0.2, 0) is 13.5 Å². The molecule has 0 spiro atoms. The molecule has 0 amide bonds. The Morgan fingerprint density at radius 1 is 1.39 bits per heavy atom. The first-order valence-electron chi connectivity index (χ1n) is 6.19. The second-order valence-electron chi connectivity index (χ2n) is 4.39. The minimum absolute atomic E-state index is 0.0912. The molecule has 1 rings (SSSR count). The van der Waals surface area contributed by atoms with Gasteiger partial charge in [0.15, 0.2) is 0 Å². The Kier molecular flexibility index (Phi) is 5.65. The van der Waals surface area contributed by atoms with Crippen molar-refractivity contribution in [3.8, 4) is 0 Å². The third-order valence-corrected chi connectivity index (χ3v) is 2.94. The van der Waals surface area contributed by atoms with E-state index in [0.29, 0.717) is 13.0 Å². The Labute approximate surface area is 105 Å². The quantitative estimate of drug-likeness (QED) is 0.819. The lowest BCUT2D eigenvalue weighted by Crippen LogP contribution is -2.31. The maximum Gasteiger partial charge on any atom is 0.389 e. The highest BCUT2D eigenvalue weighted by molar-refractivity contribution is 5.00. The summed E-state index contributed by atoms with van der Waals surface area (Å²) in [6.45, 7) is 2.60. The summed E-state index contributed by atoms with van der Waals surface area (Å²) in [5, 5.41) is 7.15. The third-order valence-electron chi connectivity index (χ3n) is 2.94. The van der Waals surface area contributed by atoms with Gasteiger partial charge in [-0.15, -0.1) is 0 Å². The molecule has 0 saturated carbocycles. The van der Waals surface area contributed by atoms with E-state index in [9.17, 15) is 13.2 Å². The molecule has 1 atom stereocenters. The summed E-state index contributed by atoms with van der Waals surface area (Å²) >= 11 is 0. The smallest absolute Gasteiger partial charge is 0.314 e. The number of nitrogens with zero attached hydrogens (tertiary/aromatic N) is 2. The SMILES string of the molecule is CCNC(CCc1ccnn1C)CCC(F)(F)F. The number of aryl methyl sites for hydroxylation is 2. The lowest BCUT2D eigenvalue weighted by atomic mass is 10.0. The number of halogens is 3. The fraction of sp³-hybridized carbons (Fsp3) is 0.750. The first-order chi connectivity index (χ1) is 8.42. The molecule has 3 nitrogen and oxygen atoms in total. The summed E-state index contributed by atoms with van der Waals surface area (Å²) in [7, 11) is 1.84. The van der Waals surface area contributed by atoms with Gasteiger partial charge in [0.1, 0.15) is 0 Å². The average Bonchev–Trinajstić information content (AvgIpc) is 2.67. The van der Waals surface area contributed by atoms with Crippen LogP contribution < -0.4 is 5.32 Å². The summed E-state index contributed by atoms with van der Waals surface area (Å²) in [5.74, 6) is 0. The van der Waals surface area contributed by atoms with E-state index in [1.165, 1.54) is 0 Å². The van der Waals surface area contributed by atoms with Crippen LogP contribution >= 0.6 is 0 Å². The Morgan fingerprint density at radius 3 is 2.61 bits per heavy atom. The van der Waals surface area contributed by atoms with Crippen LogP contribution in [0.3, 0.4) is 0 Å². The highest BCUT2D eigenvalue weighted by Crippen LogP contribution is 2.23. The zero-order valence-electron chi connectivity index (χ0n) is 10.8. The van der Waals surface area contributed by atoms with Crippen LogP contribution in [0.15, 0.2) is 12.3 Å². The van der Waals surface area contributed by atoms with Crippen LogP contribution in [0.2, 0.25) is 0 Å². The monoisotopic (exact) mass is 263 g/mol. The zero-order chi connectivity index (χ0) is 13.6. The summed E-state index contributed by atoms with van der Waals surface area (Å²) < 4.78 is 38.3. The van der Waals surface area contributed by atoms with Gasteiger partial charge >= 0.3 is 6.18 Å². The fourth-order valence-electron chi connectivity index (χ4n) is 1.94. The highest BCUT2D eigenvalue weighted by Gasteiger charge is 2.28. The molecule has 18 heavy (non-hydrogen) atoms. The standard InChI is InChI=1S/C12H20F3N3/c1-3-16-10(6-8-12(13,14)15)4-5-11-7-9-17-18(11)2/h7,9-10,16H,3-6,8H2,1-2H3. The van der Waals surface area contributed by atoms with Crippen molar-refractivity contribution in [1.82, 2.24) is 15.1 Å². The predicted octanol–water partition coefficient (Wildman–Crippen LogP) is 2.67.